The number of hydrogen-bond donors (Lipinski definition) is 1. The molecule has 10 nitrogen and oxygen atoms in total. The van der Waals surface area contributed by atoms with E-state index in [1.54, 1.807) is 50.2 Å². The number of para-hydroxylation sites is 2. The van der Waals surface area contributed by atoms with Crippen LogP contribution in [0.25, 0.3) is 0 Å². The Kier molecular flexibility index (Phi) is 6.19. The van der Waals surface area contributed by atoms with Crippen LogP contribution in [0.3, 0.4) is 0 Å². The number of rotatable bonds is 5. The number of benzene rings is 2. The van der Waals surface area contributed by atoms with E-state index >= 15 is 0 Å². The number of amides is 2. The van der Waals surface area contributed by atoms with Crippen molar-refractivity contribution in [2.24, 2.45) is 0 Å². The minimum absolute atomic E-state index is 0.0359. The number of anilines is 3. The van der Waals surface area contributed by atoms with Gasteiger partial charge < -0.3 is 19.9 Å². The number of nitrogens with one attached hydrogen (secondary N) is 1. The topological polar surface area (TPSA) is 122 Å². The fourth-order valence-electron chi connectivity index (χ4n) is 3.42. The predicted molar refractivity (Wildman–Crippen MR) is 114 cm³/mol. The molecular weight excluding hydrogens is 404 g/mol. The summed E-state index contributed by atoms with van der Waals surface area (Å²) >= 11 is 0. The van der Waals surface area contributed by atoms with Crippen LogP contribution in [0, 0.1) is 10.1 Å². The fourth-order valence-corrected chi connectivity index (χ4v) is 3.42. The van der Waals surface area contributed by atoms with Crippen LogP contribution in [0.2, 0.25) is 0 Å². The normalized spacial score (nSPS) is 15.4. The standard InChI is InChI=1S/C21H22N4O6/c1-13-10-19(26)22-15-6-4-5-7-16(15)24(13)20(27)12-31-21(28)14-8-9-17(23(2)3)18(11-14)25(29)30/h4-9,11,13H,10,12H2,1-3H3,(H,22,26). The molecule has 0 saturated carbocycles. The molecule has 2 amide bonds. The highest BCUT2D eigenvalue weighted by atomic mass is 16.6. The second kappa shape index (κ2) is 8.82. The highest BCUT2D eigenvalue weighted by Crippen LogP contribution is 2.31. The van der Waals surface area contributed by atoms with Crippen molar-refractivity contribution in [1.29, 1.82) is 0 Å². The monoisotopic (exact) mass is 426 g/mol. The van der Waals surface area contributed by atoms with E-state index in [-0.39, 0.29) is 23.6 Å². The largest absolute Gasteiger partial charge is 0.452 e. The Hall–Kier alpha value is -3.95. The second-order valence-corrected chi connectivity index (χ2v) is 7.31. The fraction of sp³-hybridized carbons (Fsp3) is 0.286. The SMILES string of the molecule is CC1CC(=O)Nc2ccccc2N1C(=O)COC(=O)c1ccc(N(C)C)c([N+](=O)[O-])c1. The van der Waals surface area contributed by atoms with E-state index in [1.165, 1.54) is 17.0 Å². The van der Waals surface area contributed by atoms with Gasteiger partial charge in [0, 0.05) is 32.6 Å². The Balaban J connectivity index is 1.78. The number of nitro benzene ring substituents is 1. The predicted octanol–water partition coefficient (Wildman–Crippen LogP) is 2.58. The average molecular weight is 426 g/mol. The van der Waals surface area contributed by atoms with Crippen molar-refractivity contribution in [3.05, 3.63) is 58.1 Å². The third-order valence-electron chi connectivity index (χ3n) is 4.84. The van der Waals surface area contributed by atoms with E-state index in [2.05, 4.69) is 5.32 Å². The van der Waals surface area contributed by atoms with Crippen LogP contribution >= 0.6 is 0 Å². The molecule has 0 fully saturated rings. The molecule has 0 spiro atoms. The summed E-state index contributed by atoms with van der Waals surface area (Å²) in [6.07, 6.45) is 0.0898. The van der Waals surface area contributed by atoms with Gasteiger partial charge in [-0.25, -0.2) is 4.79 Å². The number of nitrogens with zero attached hydrogens (tertiary/aromatic N) is 3. The van der Waals surface area contributed by atoms with E-state index < -0.39 is 29.4 Å². The third kappa shape index (κ3) is 4.63. The summed E-state index contributed by atoms with van der Waals surface area (Å²) in [6.45, 7) is 1.15. The molecule has 0 aliphatic carbocycles. The molecule has 3 rings (SSSR count). The van der Waals surface area contributed by atoms with Crippen molar-refractivity contribution in [2.45, 2.75) is 19.4 Å². The van der Waals surface area contributed by atoms with Gasteiger partial charge in [0.15, 0.2) is 6.61 Å². The van der Waals surface area contributed by atoms with Gasteiger partial charge in [0.25, 0.3) is 11.6 Å². The van der Waals surface area contributed by atoms with Crippen LogP contribution in [-0.2, 0) is 14.3 Å². The Morgan fingerprint density at radius 3 is 2.65 bits per heavy atom. The molecule has 1 aliphatic rings. The van der Waals surface area contributed by atoms with Crippen LogP contribution < -0.4 is 15.1 Å². The maximum Gasteiger partial charge on any atom is 0.338 e. The van der Waals surface area contributed by atoms with Gasteiger partial charge in [-0.2, -0.15) is 0 Å². The van der Waals surface area contributed by atoms with E-state index in [1.807, 2.05) is 0 Å². The molecule has 0 saturated heterocycles. The molecular formula is C21H22N4O6. The van der Waals surface area contributed by atoms with Gasteiger partial charge >= 0.3 is 5.97 Å². The summed E-state index contributed by atoms with van der Waals surface area (Å²) in [7, 11) is 3.30. The highest BCUT2D eigenvalue weighted by molar-refractivity contribution is 6.05. The van der Waals surface area contributed by atoms with Crippen molar-refractivity contribution < 1.29 is 24.0 Å². The maximum absolute atomic E-state index is 12.9. The van der Waals surface area contributed by atoms with Crippen molar-refractivity contribution in [3.63, 3.8) is 0 Å². The smallest absolute Gasteiger partial charge is 0.338 e. The van der Waals surface area contributed by atoms with Crippen LogP contribution in [0.4, 0.5) is 22.7 Å². The molecule has 2 aromatic rings. The van der Waals surface area contributed by atoms with E-state index in [4.69, 9.17) is 4.74 Å². The first-order valence-corrected chi connectivity index (χ1v) is 9.53. The molecule has 1 unspecified atom stereocenters. The highest BCUT2D eigenvalue weighted by Gasteiger charge is 2.30. The van der Waals surface area contributed by atoms with Crippen LogP contribution in [0.1, 0.15) is 23.7 Å². The average Bonchev–Trinajstić information content (AvgIpc) is 2.85. The molecule has 31 heavy (non-hydrogen) atoms. The molecule has 162 valence electrons. The molecule has 1 N–H and O–H groups in total. The first-order chi connectivity index (χ1) is 14.7. The summed E-state index contributed by atoms with van der Waals surface area (Å²) in [5, 5.41) is 14.1. The molecule has 10 heteroatoms. The molecule has 1 aliphatic heterocycles. The van der Waals surface area contributed by atoms with Crippen LogP contribution in [0.5, 0.6) is 0 Å². The number of fused-ring (bicyclic) bond motifs is 1. The quantitative estimate of drug-likeness (QED) is 0.443. The summed E-state index contributed by atoms with van der Waals surface area (Å²) in [4.78, 5) is 51.1. The molecule has 0 aromatic heterocycles. The van der Waals surface area contributed by atoms with Gasteiger partial charge in [-0.05, 0) is 31.2 Å². The first-order valence-electron chi connectivity index (χ1n) is 9.53. The Morgan fingerprint density at radius 1 is 1.26 bits per heavy atom. The minimum atomic E-state index is -0.855. The first kappa shape index (κ1) is 21.8. The zero-order valence-corrected chi connectivity index (χ0v) is 17.3. The third-order valence-corrected chi connectivity index (χ3v) is 4.84. The molecule has 0 bridgehead atoms. The summed E-state index contributed by atoms with van der Waals surface area (Å²) < 4.78 is 5.14. The number of ether oxygens (including phenoxy) is 1. The van der Waals surface area contributed by atoms with Gasteiger partial charge in [0.2, 0.25) is 5.91 Å². The van der Waals surface area contributed by atoms with E-state index in [0.29, 0.717) is 17.1 Å². The summed E-state index contributed by atoms with van der Waals surface area (Å²) in [5.74, 6) is -1.59. The number of hydrogen-bond acceptors (Lipinski definition) is 7. The lowest BCUT2D eigenvalue weighted by Gasteiger charge is -2.27. The summed E-state index contributed by atoms with van der Waals surface area (Å²) in [5.41, 5.74) is 1.06. The molecule has 1 heterocycles. The second-order valence-electron chi connectivity index (χ2n) is 7.31. The number of carbonyl (C=O) groups excluding carboxylic acids is 3. The van der Waals surface area contributed by atoms with Gasteiger partial charge in [-0.3, -0.25) is 19.7 Å². The van der Waals surface area contributed by atoms with E-state index in [9.17, 15) is 24.5 Å². The van der Waals surface area contributed by atoms with Crippen molar-refractivity contribution >= 4 is 40.5 Å². The van der Waals surface area contributed by atoms with Crippen molar-refractivity contribution in [1.82, 2.24) is 0 Å². The lowest BCUT2D eigenvalue weighted by molar-refractivity contribution is -0.384. The molecule has 1 atom stereocenters. The number of esters is 1. The Morgan fingerprint density at radius 2 is 1.97 bits per heavy atom. The van der Waals surface area contributed by atoms with Crippen LogP contribution in [0.15, 0.2) is 42.5 Å². The Bertz CT molecular complexity index is 1050. The lowest BCUT2D eigenvalue weighted by Crippen LogP contribution is -2.41. The maximum atomic E-state index is 12.9. The van der Waals surface area contributed by atoms with Gasteiger partial charge in [0.05, 0.1) is 21.9 Å². The summed E-state index contributed by atoms with van der Waals surface area (Å²) in [6, 6.07) is 10.4. The van der Waals surface area contributed by atoms with Crippen molar-refractivity contribution in [3.8, 4) is 0 Å². The van der Waals surface area contributed by atoms with E-state index in [0.717, 1.165) is 6.07 Å². The Labute approximate surface area is 178 Å². The zero-order chi connectivity index (χ0) is 22.7. The van der Waals surface area contributed by atoms with Gasteiger partial charge in [-0.15, -0.1) is 0 Å². The number of nitro groups is 1. The van der Waals surface area contributed by atoms with Gasteiger partial charge in [-0.1, -0.05) is 12.1 Å². The minimum Gasteiger partial charge on any atom is -0.452 e. The molecule has 0 radical (unpaired) electrons. The zero-order valence-electron chi connectivity index (χ0n) is 17.3. The molecule has 2 aromatic carbocycles. The van der Waals surface area contributed by atoms with Gasteiger partial charge in [0.1, 0.15) is 5.69 Å². The van der Waals surface area contributed by atoms with Crippen LogP contribution in [-0.4, -0.2) is 49.5 Å². The number of carbonyl (C=O) groups is 3. The van der Waals surface area contributed by atoms with Crippen molar-refractivity contribution in [2.75, 3.05) is 35.8 Å². The lowest BCUT2D eigenvalue weighted by atomic mass is 10.1.